The van der Waals surface area contributed by atoms with E-state index in [1.807, 2.05) is 6.07 Å². The van der Waals surface area contributed by atoms with E-state index in [1.54, 1.807) is 14.2 Å². The van der Waals surface area contributed by atoms with E-state index in [9.17, 15) is 4.79 Å². The van der Waals surface area contributed by atoms with Crippen LogP contribution in [0.5, 0.6) is 23.0 Å². The summed E-state index contributed by atoms with van der Waals surface area (Å²) in [5, 5.41) is 3.15. The quantitative estimate of drug-likeness (QED) is 0.872. The van der Waals surface area contributed by atoms with Crippen molar-refractivity contribution >= 4 is 28.2 Å². The monoisotopic (exact) mass is 349 g/mol. The van der Waals surface area contributed by atoms with Gasteiger partial charge in [-0.25, -0.2) is 4.98 Å². The van der Waals surface area contributed by atoms with Gasteiger partial charge in [0.05, 0.1) is 19.1 Å². The number of nitrogens with zero attached hydrogens (tertiary/aromatic N) is 1. The lowest BCUT2D eigenvalue weighted by atomic mass is 9.90. The molecule has 2 aliphatic heterocycles. The van der Waals surface area contributed by atoms with Crippen LogP contribution in [0.1, 0.15) is 22.8 Å². The van der Waals surface area contributed by atoms with E-state index in [2.05, 4.69) is 10.3 Å². The summed E-state index contributed by atoms with van der Waals surface area (Å²) in [6.07, 6.45) is 0.258. The second kappa shape index (κ2) is 5.45. The highest BCUT2D eigenvalue weighted by molar-refractivity contribution is 7.16. The molecule has 1 atom stereocenters. The van der Waals surface area contributed by atoms with E-state index in [0.717, 1.165) is 10.4 Å². The molecule has 0 fully saturated rings. The fourth-order valence-electron chi connectivity index (χ4n) is 3.04. The average molecular weight is 349 g/mol. The number of ether oxygens (including phenoxy) is 4. The zero-order chi connectivity index (χ0) is 16.8. The fraction of sp³-hybridized carbons (Fsp3) is 0.333. The van der Waals surface area contributed by atoms with Gasteiger partial charge in [0.2, 0.25) is 24.2 Å². The predicted molar refractivity (Wildman–Crippen MR) is 87.3 cm³/mol. The largest absolute Gasteiger partial charge is 0.493 e. The smallest absolute Gasteiger partial charge is 0.231 e. The lowest BCUT2D eigenvalue weighted by Gasteiger charge is -2.24. The molecular formula is C15H15N3O5S. The van der Waals surface area contributed by atoms with Gasteiger partial charge < -0.3 is 30.0 Å². The van der Waals surface area contributed by atoms with Crippen molar-refractivity contribution in [3.05, 3.63) is 16.5 Å². The molecule has 3 N–H and O–H groups in total. The minimum atomic E-state index is -0.248. The minimum Gasteiger partial charge on any atom is -0.493 e. The first kappa shape index (κ1) is 14.9. The molecule has 0 bridgehead atoms. The SMILES string of the molecule is COc1cc(C2CC(=O)Nc3nc(N)sc32)c(OC)c2c1OCO2. The Kier molecular flexibility index (Phi) is 3.38. The number of anilines is 2. The highest BCUT2D eigenvalue weighted by Gasteiger charge is 2.36. The molecule has 3 heterocycles. The predicted octanol–water partition coefficient (Wildman–Crippen LogP) is 1.95. The first-order valence-corrected chi connectivity index (χ1v) is 8.04. The van der Waals surface area contributed by atoms with Crippen molar-refractivity contribution in [2.45, 2.75) is 12.3 Å². The van der Waals surface area contributed by atoms with Crippen LogP contribution in [-0.2, 0) is 4.79 Å². The number of nitrogen functional groups attached to an aromatic ring is 1. The number of hydrogen-bond acceptors (Lipinski definition) is 8. The number of amides is 1. The van der Waals surface area contributed by atoms with Crippen molar-refractivity contribution in [3.63, 3.8) is 0 Å². The molecule has 126 valence electrons. The Balaban J connectivity index is 1.92. The van der Waals surface area contributed by atoms with E-state index in [0.29, 0.717) is 33.9 Å². The maximum atomic E-state index is 12.1. The third-order valence-corrected chi connectivity index (χ3v) is 5.02. The highest BCUT2D eigenvalue weighted by atomic mass is 32.1. The van der Waals surface area contributed by atoms with Crippen molar-refractivity contribution in [1.29, 1.82) is 0 Å². The van der Waals surface area contributed by atoms with E-state index in [4.69, 9.17) is 24.7 Å². The second-order valence-electron chi connectivity index (χ2n) is 5.34. The van der Waals surface area contributed by atoms with Crippen LogP contribution in [-0.4, -0.2) is 31.9 Å². The van der Waals surface area contributed by atoms with Crippen molar-refractivity contribution < 1.29 is 23.7 Å². The number of fused-ring (bicyclic) bond motifs is 2. The fourth-order valence-corrected chi connectivity index (χ4v) is 3.95. The van der Waals surface area contributed by atoms with Gasteiger partial charge in [0.1, 0.15) is 5.82 Å². The topological polar surface area (TPSA) is 105 Å². The summed E-state index contributed by atoms with van der Waals surface area (Å²) in [6.45, 7) is 0.0927. The Morgan fingerprint density at radius 2 is 2.12 bits per heavy atom. The molecule has 8 nitrogen and oxygen atoms in total. The lowest BCUT2D eigenvalue weighted by molar-refractivity contribution is -0.116. The van der Waals surface area contributed by atoms with Gasteiger partial charge in [-0.1, -0.05) is 11.3 Å². The van der Waals surface area contributed by atoms with Gasteiger partial charge in [-0.05, 0) is 6.07 Å². The molecule has 9 heteroatoms. The molecule has 1 aromatic carbocycles. The summed E-state index contributed by atoms with van der Waals surface area (Å²) < 4.78 is 22.0. The van der Waals surface area contributed by atoms with Gasteiger partial charge in [-0.3, -0.25) is 4.79 Å². The minimum absolute atomic E-state index is 0.0927. The molecule has 0 radical (unpaired) electrons. The molecule has 2 aromatic rings. The number of benzene rings is 1. The zero-order valence-corrected chi connectivity index (χ0v) is 13.9. The third kappa shape index (κ3) is 2.12. The summed E-state index contributed by atoms with van der Waals surface area (Å²) in [4.78, 5) is 17.2. The van der Waals surface area contributed by atoms with Crippen molar-refractivity contribution in [2.75, 3.05) is 32.1 Å². The number of carbonyl (C=O) groups excluding carboxylic acids is 1. The van der Waals surface area contributed by atoms with Crippen LogP contribution >= 0.6 is 11.3 Å². The molecule has 0 saturated carbocycles. The number of rotatable bonds is 3. The van der Waals surface area contributed by atoms with Crippen molar-refractivity contribution in [3.8, 4) is 23.0 Å². The Bertz CT molecular complexity index is 835. The van der Waals surface area contributed by atoms with Crippen molar-refractivity contribution in [2.24, 2.45) is 0 Å². The van der Waals surface area contributed by atoms with Crippen LogP contribution in [0.3, 0.4) is 0 Å². The van der Waals surface area contributed by atoms with Crippen LogP contribution in [0.25, 0.3) is 0 Å². The standard InChI is InChI=1S/C15H15N3O5S/c1-20-8-3-6(10(21-2)12-11(8)22-5-23-12)7-4-9(19)17-14-13(7)24-15(16)18-14/h3,7H,4-5H2,1-2H3,(H2,16,18)(H,17,19). The van der Waals surface area contributed by atoms with Gasteiger partial charge in [0, 0.05) is 17.9 Å². The van der Waals surface area contributed by atoms with Crippen LogP contribution in [0.2, 0.25) is 0 Å². The molecular weight excluding hydrogens is 334 g/mol. The Morgan fingerprint density at radius 3 is 2.88 bits per heavy atom. The van der Waals surface area contributed by atoms with E-state index in [1.165, 1.54) is 11.3 Å². The van der Waals surface area contributed by atoms with Gasteiger partial charge in [-0.2, -0.15) is 0 Å². The molecule has 4 rings (SSSR count). The second-order valence-corrected chi connectivity index (χ2v) is 6.40. The summed E-state index contributed by atoms with van der Waals surface area (Å²) in [5.74, 6) is 2.17. The molecule has 0 aliphatic carbocycles. The molecule has 0 spiro atoms. The van der Waals surface area contributed by atoms with E-state index >= 15 is 0 Å². The molecule has 24 heavy (non-hydrogen) atoms. The van der Waals surface area contributed by atoms with Crippen LogP contribution in [0.4, 0.5) is 10.9 Å². The van der Waals surface area contributed by atoms with Crippen LogP contribution in [0, 0.1) is 0 Å². The first-order chi connectivity index (χ1) is 11.6. The van der Waals surface area contributed by atoms with E-state index in [-0.39, 0.29) is 25.0 Å². The summed E-state index contributed by atoms with van der Waals surface area (Å²) in [6, 6.07) is 1.81. The normalized spacial score (nSPS) is 18.1. The lowest BCUT2D eigenvalue weighted by Crippen LogP contribution is -2.23. The zero-order valence-electron chi connectivity index (χ0n) is 13.0. The number of thiazole rings is 1. The van der Waals surface area contributed by atoms with Crippen LogP contribution < -0.4 is 30.0 Å². The number of aromatic nitrogens is 1. The molecule has 0 saturated heterocycles. The maximum Gasteiger partial charge on any atom is 0.231 e. The van der Waals surface area contributed by atoms with Crippen molar-refractivity contribution in [1.82, 2.24) is 4.98 Å². The first-order valence-electron chi connectivity index (χ1n) is 7.23. The van der Waals surface area contributed by atoms with E-state index < -0.39 is 0 Å². The molecule has 1 aromatic heterocycles. The Labute approximate surface area is 141 Å². The number of methoxy groups -OCH3 is 2. The summed E-state index contributed by atoms with van der Waals surface area (Å²) in [5.41, 5.74) is 6.59. The average Bonchev–Trinajstić information content (AvgIpc) is 3.18. The van der Waals surface area contributed by atoms with Gasteiger partial charge in [0.25, 0.3) is 0 Å². The molecule has 1 amide bonds. The maximum absolute atomic E-state index is 12.1. The van der Waals surface area contributed by atoms with Gasteiger partial charge >= 0.3 is 0 Å². The van der Waals surface area contributed by atoms with Crippen LogP contribution in [0.15, 0.2) is 6.07 Å². The molecule has 1 unspecified atom stereocenters. The number of carbonyl (C=O) groups is 1. The Morgan fingerprint density at radius 1 is 1.33 bits per heavy atom. The number of hydrogen-bond donors (Lipinski definition) is 2. The number of nitrogens with one attached hydrogen (secondary N) is 1. The molecule has 2 aliphatic rings. The Hall–Kier alpha value is -2.68. The summed E-state index contributed by atoms with van der Waals surface area (Å²) in [7, 11) is 3.11. The number of nitrogens with two attached hydrogens (primary N) is 1. The third-order valence-electron chi connectivity index (χ3n) is 4.02. The highest BCUT2D eigenvalue weighted by Crippen LogP contribution is 2.54. The summed E-state index contributed by atoms with van der Waals surface area (Å²) >= 11 is 1.34. The van der Waals surface area contributed by atoms with Gasteiger partial charge in [-0.15, -0.1) is 0 Å². The van der Waals surface area contributed by atoms with Gasteiger partial charge in [0.15, 0.2) is 16.6 Å².